The molecule has 0 N–H and O–H groups in total. The molecule has 0 spiro atoms. The number of methoxy groups -OCH3 is 1. The summed E-state index contributed by atoms with van der Waals surface area (Å²) in [7, 11) is 1.79. The second-order valence-electron chi connectivity index (χ2n) is 5.81. The first-order valence-electron chi connectivity index (χ1n) is 7.66. The van der Waals surface area contributed by atoms with E-state index in [1.54, 1.807) is 13.2 Å². The van der Waals surface area contributed by atoms with Crippen molar-refractivity contribution in [1.82, 2.24) is 0 Å². The van der Waals surface area contributed by atoms with Crippen molar-refractivity contribution < 1.29 is 9.13 Å². The fraction of sp³-hybridized carbons (Fsp3) is 0.556. The highest BCUT2D eigenvalue weighted by molar-refractivity contribution is 5.26. The minimum atomic E-state index is 0.632. The third kappa shape index (κ3) is 4.45. The third-order valence-corrected chi connectivity index (χ3v) is 4.39. The predicted octanol–water partition coefficient (Wildman–Crippen LogP) is 5.02. The Hall–Kier alpha value is -1.15. The summed E-state index contributed by atoms with van der Waals surface area (Å²) in [5.41, 5.74) is 2.76. The molecule has 20 heavy (non-hydrogen) atoms. The Bertz CT molecular complexity index is 402. The van der Waals surface area contributed by atoms with E-state index in [9.17, 15) is 4.39 Å². The van der Waals surface area contributed by atoms with Crippen LogP contribution in [0.1, 0.15) is 49.1 Å². The lowest BCUT2D eigenvalue weighted by Gasteiger charge is -2.28. The van der Waals surface area contributed by atoms with Gasteiger partial charge in [0.05, 0.1) is 6.33 Å². The highest BCUT2D eigenvalue weighted by atomic mass is 19.1. The molecule has 1 nitrogen and oxygen atoms in total. The van der Waals surface area contributed by atoms with Crippen LogP contribution in [0.2, 0.25) is 0 Å². The Labute approximate surface area is 121 Å². The van der Waals surface area contributed by atoms with Crippen molar-refractivity contribution in [1.29, 1.82) is 0 Å². The molecular formula is C18H25FO. The van der Waals surface area contributed by atoms with Gasteiger partial charge in [0, 0.05) is 13.7 Å². The summed E-state index contributed by atoms with van der Waals surface area (Å²) in [6, 6.07) is 8.91. The average molecular weight is 276 g/mol. The standard InChI is InChI=1S/C18H25FO/c1-20-14-16-7-11-18(12-8-16)17-9-5-15(6-10-17)4-2-3-13-19/h3,5-6,9-10,13,16,18H,2,4,7-8,11-12,14H2,1H3/t16-,18-. The van der Waals surface area contributed by atoms with Gasteiger partial charge in [0.1, 0.15) is 0 Å². The molecule has 2 heteroatoms. The molecule has 0 atom stereocenters. The SMILES string of the molecule is COC[C@H]1CC[C@H](c2ccc(CCC=CF)cc2)CC1. The van der Waals surface area contributed by atoms with Crippen LogP contribution in [0.25, 0.3) is 0 Å². The number of allylic oxidation sites excluding steroid dienone is 1. The van der Waals surface area contributed by atoms with Gasteiger partial charge in [-0.15, -0.1) is 0 Å². The van der Waals surface area contributed by atoms with Gasteiger partial charge < -0.3 is 4.74 Å². The Morgan fingerprint density at radius 3 is 2.45 bits per heavy atom. The maximum Gasteiger partial charge on any atom is 0.0827 e. The second-order valence-corrected chi connectivity index (χ2v) is 5.81. The first-order chi connectivity index (χ1) is 9.83. The number of halogens is 1. The van der Waals surface area contributed by atoms with Crippen LogP contribution in [0.3, 0.4) is 0 Å². The molecule has 1 saturated carbocycles. The fourth-order valence-electron chi connectivity index (χ4n) is 3.17. The van der Waals surface area contributed by atoms with Crippen LogP contribution >= 0.6 is 0 Å². The molecule has 110 valence electrons. The highest BCUT2D eigenvalue weighted by Crippen LogP contribution is 2.35. The minimum Gasteiger partial charge on any atom is -0.384 e. The molecule has 0 aromatic heterocycles. The highest BCUT2D eigenvalue weighted by Gasteiger charge is 2.22. The van der Waals surface area contributed by atoms with E-state index in [1.807, 2.05) is 0 Å². The molecule has 0 amide bonds. The molecule has 1 fully saturated rings. The predicted molar refractivity (Wildman–Crippen MR) is 81.6 cm³/mol. The summed E-state index contributed by atoms with van der Waals surface area (Å²) >= 11 is 0. The number of hydrogen-bond donors (Lipinski definition) is 0. The van der Waals surface area contributed by atoms with E-state index in [-0.39, 0.29) is 0 Å². The lowest BCUT2D eigenvalue weighted by molar-refractivity contribution is 0.127. The van der Waals surface area contributed by atoms with Gasteiger partial charge in [0.2, 0.25) is 0 Å². The van der Waals surface area contributed by atoms with E-state index in [4.69, 9.17) is 4.74 Å². The zero-order chi connectivity index (χ0) is 14.2. The topological polar surface area (TPSA) is 9.23 Å². The molecule has 1 aromatic carbocycles. The van der Waals surface area contributed by atoms with Crippen LogP contribution in [0.4, 0.5) is 4.39 Å². The lowest BCUT2D eigenvalue weighted by Crippen LogP contribution is -2.17. The summed E-state index contributed by atoms with van der Waals surface area (Å²) in [6.07, 6.45) is 9.01. The van der Waals surface area contributed by atoms with Gasteiger partial charge in [-0.3, -0.25) is 0 Å². The van der Waals surface area contributed by atoms with Gasteiger partial charge in [0.15, 0.2) is 0 Å². The minimum absolute atomic E-state index is 0.632. The molecule has 0 radical (unpaired) electrons. The smallest absolute Gasteiger partial charge is 0.0827 e. The van der Waals surface area contributed by atoms with Crippen LogP contribution in [0.5, 0.6) is 0 Å². The van der Waals surface area contributed by atoms with Crippen molar-refractivity contribution in [2.24, 2.45) is 5.92 Å². The van der Waals surface area contributed by atoms with Crippen LogP contribution in [0, 0.1) is 5.92 Å². The summed E-state index contributed by atoms with van der Waals surface area (Å²) < 4.78 is 17.2. The average Bonchev–Trinajstić information content (AvgIpc) is 2.49. The maximum atomic E-state index is 11.9. The van der Waals surface area contributed by atoms with Crippen LogP contribution in [0.15, 0.2) is 36.7 Å². The molecule has 1 aliphatic carbocycles. The Morgan fingerprint density at radius 1 is 1.15 bits per heavy atom. The van der Waals surface area contributed by atoms with Crippen LogP contribution in [-0.4, -0.2) is 13.7 Å². The fourth-order valence-corrected chi connectivity index (χ4v) is 3.17. The summed E-state index contributed by atoms with van der Waals surface area (Å²) in [6.45, 7) is 0.910. The molecule has 1 aromatic rings. The van der Waals surface area contributed by atoms with Crippen LogP contribution in [-0.2, 0) is 11.2 Å². The normalized spacial score (nSPS) is 23.3. The van der Waals surface area contributed by atoms with E-state index in [2.05, 4.69) is 24.3 Å². The van der Waals surface area contributed by atoms with Gasteiger partial charge in [-0.25, -0.2) is 4.39 Å². The number of hydrogen-bond acceptors (Lipinski definition) is 1. The van der Waals surface area contributed by atoms with Crippen LogP contribution < -0.4 is 0 Å². The van der Waals surface area contributed by atoms with E-state index in [0.29, 0.717) is 12.2 Å². The van der Waals surface area contributed by atoms with Gasteiger partial charge >= 0.3 is 0 Å². The monoisotopic (exact) mass is 276 g/mol. The molecule has 0 aliphatic heterocycles. The molecule has 2 rings (SSSR count). The van der Waals surface area contributed by atoms with Crippen molar-refractivity contribution in [2.45, 2.75) is 44.4 Å². The van der Waals surface area contributed by atoms with E-state index < -0.39 is 0 Å². The van der Waals surface area contributed by atoms with Gasteiger partial charge in [-0.1, -0.05) is 30.3 Å². The first-order valence-corrected chi connectivity index (χ1v) is 7.66. The van der Waals surface area contributed by atoms with E-state index >= 15 is 0 Å². The zero-order valence-corrected chi connectivity index (χ0v) is 12.4. The van der Waals surface area contributed by atoms with Crippen molar-refractivity contribution in [3.05, 3.63) is 47.8 Å². The largest absolute Gasteiger partial charge is 0.384 e. The third-order valence-electron chi connectivity index (χ3n) is 4.39. The quantitative estimate of drug-likeness (QED) is 0.708. The maximum absolute atomic E-state index is 11.9. The number of ether oxygens (including phenoxy) is 1. The molecule has 1 aliphatic rings. The van der Waals surface area contributed by atoms with Gasteiger partial charge in [-0.2, -0.15) is 0 Å². The Balaban J connectivity index is 1.84. The van der Waals surface area contributed by atoms with Gasteiger partial charge in [0.25, 0.3) is 0 Å². The Morgan fingerprint density at radius 2 is 1.85 bits per heavy atom. The van der Waals surface area contributed by atoms with Crippen molar-refractivity contribution >= 4 is 0 Å². The van der Waals surface area contributed by atoms with Crippen molar-refractivity contribution in [2.75, 3.05) is 13.7 Å². The second kappa shape index (κ2) is 8.21. The molecule has 0 saturated heterocycles. The summed E-state index contributed by atoms with van der Waals surface area (Å²) in [5.74, 6) is 1.46. The molecule has 0 bridgehead atoms. The molecule has 0 unspecified atom stereocenters. The number of aryl methyl sites for hydroxylation is 1. The van der Waals surface area contributed by atoms with E-state index in [0.717, 1.165) is 25.4 Å². The van der Waals surface area contributed by atoms with Crippen molar-refractivity contribution in [3.8, 4) is 0 Å². The first kappa shape index (κ1) is 15.2. The zero-order valence-electron chi connectivity index (χ0n) is 12.4. The number of rotatable bonds is 6. The Kier molecular flexibility index (Phi) is 6.25. The number of benzene rings is 1. The summed E-state index contributed by atoms with van der Waals surface area (Å²) in [4.78, 5) is 0. The lowest BCUT2D eigenvalue weighted by atomic mass is 9.79. The van der Waals surface area contributed by atoms with Gasteiger partial charge in [-0.05, 0) is 61.5 Å². The van der Waals surface area contributed by atoms with E-state index in [1.165, 1.54) is 36.8 Å². The molecule has 0 heterocycles. The van der Waals surface area contributed by atoms with Crippen molar-refractivity contribution in [3.63, 3.8) is 0 Å². The summed E-state index contributed by atoms with van der Waals surface area (Å²) in [5, 5.41) is 0. The molecular weight excluding hydrogens is 251 g/mol.